The lowest BCUT2D eigenvalue weighted by Gasteiger charge is -2.25. The van der Waals surface area contributed by atoms with Crippen LogP contribution < -0.4 is 15.2 Å². The van der Waals surface area contributed by atoms with Crippen LogP contribution in [0.15, 0.2) is 56.8 Å². The van der Waals surface area contributed by atoms with Gasteiger partial charge in [0.2, 0.25) is 0 Å². The van der Waals surface area contributed by atoms with Crippen molar-refractivity contribution in [1.29, 1.82) is 0 Å². The van der Waals surface area contributed by atoms with Crippen molar-refractivity contribution in [3.8, 4) is 22.9 Å². The molecule has 0 aliphatic heterocycles. The second-order valence-corrected chi connectivity index (χ2v) is 9.44. The second kappa shape index (κ2) is 9.97. The number of oxazole rings is 1. The Bertz CT molecular complexity index is 1340. The number of benzene rings is 2. The summed E-state index contributed by atoms with van der Waals surface area (Å²) in [6.07, 6.45) is 5.89. The highest BCUT2D eigenvalue weighted by atomic mass is 32.2. The van der Waals surface area contributed by atoms with E-state index in [9.17, 15) is 4.79 Å². The number of hydrogen-bond acceptors (Lipinski definition) is 7. The third-order valence-corrected chi connectivity index (χ3v) is 7.29. The Morgan fingerprint density at radius 2 is 1.82 bits per heavy atom. The van der Waals surface area contributed by atoms with Gasteiger partial charge in [0.25, 0.3) is 0 Å². The van der Waals surface area contributed by atoms with Crippen molar-refractivity contribution in [2.45, 2.75) is 49.8 Å². The molecule has 1 aliphatic carbocycles. The second-order valence-electron chi connectivity index (χ2n) is 8.37. The number of ether oxygens (including phenoxy) is 2. The van der Waals surface area contributed by atoms with Crippen LogP contribution in [0.2, 0.25) is 0 Å². The van der Waals surface area contributed by atoms with Gasteiger partial charge in [0, 0.05) is 23.9 Å². The molecule has 2 aromatic carbocycles. The minimum atomic E-state index is -0.332. The number of aryl methyl sites for hydroxylation is 1. The first-order chi connectivity index (χ1) is 16.7. The molecule has 178 valence electrons. The number of hydrogen-bond donors (Lipinski definition) is 0. The van der Waals surface area contributed by atoms with Crippen LogP contribution in [0, 0.1) is 0 Å². The number of thioether (sulfide) groups is 1. The molecule has 4 aromatic rings. The van der Waals surface area contributed by atoms with E-state index in [1.54, 1.807) is 30.5 Å². The minimum Gasteiger partial charge on any atom is -0.493 e. The number of fused-ring (bicyclic) bond motifs is 1. The average Bonchev–Trinajstić information content (AvgIpc) is 3.45. The zero-order valence-electron chi connectivity index (χ0n) is 19.4. The molecule has 34 heavy (non-hydrogen) atoms. The Morgan fingerprint density at radius 3 is 2.62 bits per heavy atom. The van der Waals surface area contributed by atoms with Gasteiger partial charge in [-0.05, 0) is 43.2 Å². The van der Waals surface area contributed by atoms with Crippen molar-refractivity contribution in [3.63, 3.8) is 0 Å². The van der Waals surface area contributed by atoms with Gasteiger partial charge in [-0.3, -0.25) is 9.13 Å². The summed E-state index contributed by atoms with van der Waals surface area (Å²) in [5.41, 5.74) is 2.37. The zero-order valence-corrected chi connectivity index (χ0v) is 20.2. The molecule has 5 rings (SSSR count). The molecule has 1 aliphatic rings. The van der Waals surface area contributed by atoms with Gasteiger partial charge in [-0.15, -0.1) is 10.2 Å². The standard InChI is InChI=1S/C25H28N4O4S/c1-31-21-13-12-17(16-22(21)32-2)23-26-27-24(29(23)18-8-4-3-5-9-18)34-15-14-28-19-10-6-7-11-20(19)33-25(28)30/h6-7,10-13,16,18H,3-5,8-9,14-15H2,1-2H3. The van der Waals surface area contributed by atoms with Crippen molar-refractivity contribution in [2.24, 2.45) is 0 Å². The molecule has 1 fully saturated rings. The highest BCUT2D eigenvalue weighted by Crippen LogP contribution is 2.38. The third-order valence-electron chi connectivity index (χ3n) is 6.37. The Hall–Kier alpha value is -3.20. The monoisotopic (exact) mass is 480 g/mol. The third kappa shape index (κ3) is 4.32. The molecular weight excluding hydrogens is 452 g/mol. The van der Waals surface area contributed by atoms with Gasteiger partial charge in [0.1, 0.15) is 0 Å². The lowest BCUT2D eigenvalue weighted by Crippen LogP contribution is -2.17. The Balaban J connectivity index is 1.43. The maximum atomic E-state index is 12.3. The quantitative estimate of drug-likeness (QED) is 0.322. The fraction of sp³-hybridized carbons (Fsp3) is 0.400. The molecule has 9 heteroatoms. The molecule has 0 unspecified atom stereocenters. The van der Waals surface area contributed by atoms with Crippen molar-refractivity contribution in [2.75, 3.05) is 20.0 Å². The summed E-state index contributed by atoms with van der Waals surface area (Å²) in [7, 11) is 3.27. The summed E-state index contributed by atoms with van der Waals surface area (Å²) in [4.78, 5) is 12.3. The topological polar surface area (TPSA) is 84.3 Å². The summed E-state index contributed by atoms with van der Waals surface area (Å²) in [6.45, 7) is 0.531. The van der Waals surface area contributed by atoms with E-state index in [1.807, 2.05) is 42.5 Å². The van der Waals surface area contributed by atoms with Gasteiger partial charge in [-0.1, -0.05) is 43.2 Å². The van der Waals surface area contributed by atoms with Crippen LogP contribution in [-0.4, -0.2) is 39.3 Å². The van der Waals surface area contributed by atoms with Gasteiger partial charge in [-0.2, -0.15) is 0 Å². The zero-order chi connectivity index (χ0) is 23.5. The Kier molecular flexibility index (Phi) is 6.62. The molecule has 0 amide bonds. The van der Waals surface area contributed by atoms with Crippen LogP contribution in [0.5, 0.6) is 11.5 Å². The summed E-state index contributed by atoms with van der Waals surface area (Å²) in [5, 5.41) is 10.0. The molecule has 0 atom stereocenters. The van der Waals surface area contributed by atoms with E-state index in [1.165, 1.54) is 19.3 Å². The summed E-state index contributed by atoms with van der Waals surface area (Å²) >= 11 is 1.62. The number of aromatic nitrogens is 4. The highest BCUT2D eigenvalue weighted by molar-refractivity contribution is 7.99. The van der Waals surface area contributed by atoms with Gasteiger partial charge >= 0.3 is 5.76 Å². The largest absolute Gasteiger partial charge is 0.493 e. The molecule has 0 radical (unpaired) electrons. The van der Waals surface area contributed by atoms with Crippen molar-refractivity contribution in [3.05, 3.63) is 53.0 Å². The summed E-state index contributed by atoms with van der Waals surface area (Å²) in [6, 6.07) is 13.7. The van der Waals surface area contributed by atoms with E-state index < -0.39 is 0 Å². The van der Waals surface area contributed by atoms with Crippen LogP contribution in [-0.2, 0) is 6.54 Å². The van der Waals surface area contributed by atoms with Crippen molar-refractivity contribution < 1.29 is 13.9 Å². The maximum Gasteiger partial charge on any atom is 0.419 e. The van der Waals surface area contributed by atoms with Crippen molar-refractivity contribution >= 4 is 22.9 Å². The number of nitrogens with zero attached hydrogens (tertiary/aromatic N) is 4. The van der Waals surface area contributed by atoms with Gasteiger partial charge in [0.05, 0.1) is 19.7 Å². The normalized spacial score (nSPS) is 14.5. The fourth-order valence-corrected chi connectivity index (χ4v) is 5.60. The van der Waals surface area contributed by atoms with E-state index in [-0.39, 0.29) is 5.76 Å². The average molecular weight is 481 g/mol. The predicted molar refractivity (Wildman–Crippen MR) is 132 cm³/mol. The lowest BCUT2D eigenvalue weighted by atomic mass is 9.95. The van der Waals surface area contributed by atoms with Crippen LogP contribution >= 0.6 is 11.8 Å². The van der Waals surface area contributed by atoms with Gasteiger partial charge in [0.15, 0.2) is 28.1 Å². The Labute approximate surface area is 201 Å². The predicted octanol–water partition coefficient (Wildman–Crippen LogP) is 5.17. The minimum absolute atomic E-state index is 0.332. The van der Waals surface area contributed by atoms with E-state index in [4.69, 9.17) is 13.9 Å². The number of methoxy groups -OCH3 is 2. The van der Waals surface area contributed by atoms with Gasteiger partial charge in [-0.25, -0.2) is 4.79 Å². The molecule has 2 aromatic heterocycles. The molecular formula is C25H28N4O4S. The molecule has 0 spiro atoms. The molecule has 0 bridgehead atoms. The number of rotatable bonds is 8. The fourth-order valence-electron chi connectivity index (χ4n) is 4.67. The van der Waals surface area contributed by atoms with Crippen LogP contribution in [0.3, 0.4) is 0 Å². The van der Waals surface area contributed by atoms with Gasteiger partial charge < -0.3 is 13.9 Å². The van der Waals surface area contributed by atoms with Crippen LogP contribution in [0.25, 0.3) is 22.5 Å². The lowest BCUT2D eigenvalue weighted by molar-refractivity contribution is 0.339. The highest BCUT2D eigenvalue weighted by Gasteiger charge is 2.24. The smallest absolute Gasteiger partial charge is 0.419 e. The van der Waals surface area contributed by atoms with E-state index in [0.717, 1.165) is 34.9 Å². The SMILES string of the molecule is COc1ccc(-c2nnc(SCCn3c(=O)oc4ccccc43)n2C2CCCCC2)cc1OC. The van der Waals surface area contributed by atoms with Crippen LogP contribution in [0.1, 0.15) is 38.1 Å². The van der Waals surface area contributed by atoms with E-state index in [2.05, 4.69) is 14.8 Å². The number of para-hydroxylation sites is 2. The van der Waals surface area contributed by atoms with Crippen LogP contribution in [0.4, 0.5) is 0 Å². The van der Waals surface area contributed by atoms with Crippen molar-refractivity contribution in [1.82, 2.24) is 19.3 Å². The molecule has 1 saturated carbocycles. The summed E-state index contributed by atoms with van der Waals surface area (Å²) < 4.78 is 20.2. The molecule has 8 nitrogen and oxygen atoms in total. The first-order valence-electron chi connectivity index (χ1n) is 11.6. The first-order valence-corrected chi connectivity index (χ1v) is 12.6. The van der Waals surface area contributed by atoms with E-state index in [0.29, 0.717) is 35.4 Å². The molecule has 0 N–H and O–H groups in total. The summed E-state index contributed by atoms with van der Waals surface area (Å²) in [5.74, 6) is 2.53. The first kappa shape index (κ1) is 22.6. The maximum absolute atomic E-state index is 12.3. The Morgan fingerprint density at radius 1 is 1.03 bits per heavy atom. The van der Waals surface area contributed by atoms with E-state index >= 15 is 0 Å². The molecule has 0 saturated heterocycles. The molecule has 2 heterocycles.